The molecule has 0 heterocycles. The predicted molar refractivity (Wildman–Crippen MR) is 316 cm³/mol. The minimum atomic E-state index is -0.790. The number of allylic oxidation sites excluding steroid dienone is 16. The molecule has 0 radical (unpaired) electrons. The summed E-state index contributed by atoms with van der Waals surface area (Å²) in [6, 6.07) is 0. The Kier molecular flexibility index (Phi) is 57.8. The molecule has 0 aliphatic heterocycles. The van der Waals surface area contributed by atoms with Gasteiger partial charge in [-0.05, 0) is 116 Å². The molecule has 73 heavy (non-hydrogen) atoms. The fraction of sp³-hybridized carbons (Fsp3) is 0.716. The molecule has 0 aliphatic carbocycles. The molecule has 0 rings (SSSR count). The third-order valence-electron chi connectivity index (χ3n) is 13.1. The van der Waals surface area contributed by atoms with Gasteiger partial charge in [-0.25, -0.2) is 0 Å². The van der Waals surface area contributed by atoms with Crippen molar-refractivity contribution in [2.45, 2.75) is 297 Å². The second kappa shape index (κ2) is 60.9. The van der Waals surface area contributed by atoms with Gasteiger partial charge in [0.15, 0.2) is 6.10 Å². The summed E-state index contributed by atoms with van der Waals surface area (Å²) in [4.78, 5) is 38.2. The normalized spacial score (nSPS) is 12.8. The standard InChI is InChI=1S/C67H114O6/c1-4-7-10-13-16-19-22-25-27-28-29-30-31-32-33-34-35-36-37-38-40-42-45-48-51-54-57-60-66(69)72-63-64(62-71-65(68)59-56-53-50-47-44-41-24-21-18-15-12-9-6-3)73-67(70)61-58-55-52-49-46-43-39-26-23-20-17-14-11-8-5-2/h7-8,10-11,16-17,19-21,24-27,29-30,39,64H,4-6,9,12-15,18,22-23,28,31-38,40-63H2,1-3H3/b10-7-,11-8-,19-16-,20-17-,24-21-,27-25-,30-29-,39-26-. The van der Waals surface area contributed by atoms with E-state index >= 15 is 0 Å². The molecule has 0 amide bonds. The van der Waals surface area contributed by atoms with Crippen molar-refractivity contribution in [1.82, 2.24) is 0 Å². The van der Waals surface area contributed by atoms with E-state index in [-0.39, 0.29) is 31.1 Å². The van der Waals surface area contributed by atoms with Crippen molar-refractivity contribution < 1.29 is 28.6 Å². The summed E-state index contributed by atoms with van der Waals surface area (Å²) in [6.07, 6.45) is 81.3. The summed E-state index contributed by atoms with van der Waals surface area (Å²) in [5.41, 5.74) is 0. The van der Waals surface area contributed by atoms with E-state index in [9.17, 15) is 14.4 Å². The van der Waals surface area contributed by atoms with Gasteiger partial charge in [0, 0.05) is 19.3 Å². The first-order valence-electron chi connectivity index (χ1n) is 30.7. The lowest BCUT2D eigenvalue weighted by molar-refractivity contribution is -0.167. The van der Waals surface area contributed by atoms with E-state index in [1.165, 1.54) is 122 Å². The zero-order valence-corrected chi connectivity index (χ0v) is 47.9. The van der Waals surface area contributed by atoms with Crippen molar-refractivity contribution in [2.75, 3.05) is 13.2 Å². The van der Waals surface area contributed by atoms with Crippen LogP contribution in [0.4, 0.5) is 0 Å². The number of hydrogen-bond acceptors (Lipinski definition) is 6. The minimum absolute atomic E-state index is 0.0864. The van der Waals surface area contributed by atoms with Crippen LogP contribution in [0.15, 0.2) is 97.2 Å². The molecular weight excluding hydrogens is 901 g/mol. The topological polar surface area (TPSA) is 78.9 Å². The molecule has 0 saturated heterocycles. The third-order valence-corrected chi connectivity index (χ3v) is 13.1. The Hall–Kier alpha value is -3.67. The maximum Gasteiger partial charge on any atom is 0.306 e. The summed E-state index contributed by atoms with van der Waals surface area (Å²) in [6.45, 7) is 6.40. The summed E-state index contributed by atoms with van der Waals surface area (Å²) < 4.78 is 16.9. The zero-order valence-electron chi connectivity index (χ0n) is 47.9. The Balaban J connectivity index is 4.27. The van der Waals surface area contributed by atoms with E-state index < -0.39 is 6.10 Å². The molecule has 1 atom stereocenters. The maximum absolute atomic E-state index is 12.9. The van der Waals surface area contributed by atoms with Crippen molar-refractivity contribution in [2.24, 2.45) is 0 Å². The third kappa shape index (κ3) is 59.1. The van der Waals surface area contributed by atoms with Crippen LogP contribution in [-0.4, -0.2) is 37.2 Å². The molecule has 0 saturated carbocycles. The van der Waals surface area contributed by atoms with E-state index in [4.69, 9.17) is 14.2 Å². The van der Waals surface area contributed by atoms with Gasteiger partial charge < -0.3 is 14.2 Å². The monoisotopic (exact) mass is 1010 g/mol. The molecule has 0 fully saturated rings. The molecule has 6 heteroatoms. The van der Waals surface area contributed by atoms with E-state index in [0.717, 1.165) is 128 Å². The fourth-order valence-electron chi connectivity index (χ4n) is 8.50. The van der Waals surface area contributed by atoms with Crippen molar-refractivity contribution >= 4 is 17.9 Å². The lowest BCUT2D eigenvalue weighted by Gasteiger charge is -2.18. The van der Waals surface area contributed by atoms with Gasteiger partial charge in [-0.3, -0.25) is 14.4 Å². The number of hydrogen-bond donors (Lipinski definition) is 0. The van der Waals surface area contributed by atoms with Gasteiger partial charge in [0.05, 0.1) is 0 Å². The molecule has 418 valence electrons. The largest absolute Gasteiger partial charge is 0.462 e. The van der Waals surface area contributed by atoms with E-state index in [2.05, 4.69) is 118 Å². The summed E-state index contributed by atoms with van der Waals surface area (Å²) in [5.74, 6) is -0.906. The highest BCUT2D eigenvalue weighted by Gasteiger charge is 2.19. The first kappa shape index (κ1) is 69.3. The number of ether oxygens (including phenoxy) is 3. The molecule has 0 bridgehead atoms. The van der Waals surface area contributed by atoms with E-state index in [0.29, 0.717) is 19.3 Å². The Morgan fingerprint density at radius 2 is 0.534 bits per heavy atom. The zero-order chi connectivity index (χ0) is 52.9. The number of rotatable bonds is 55. The molecular formula is C67H114O6. The van der Waals surface area contributed by atoms with E-state index in [1.807, 2.05) is 0 Å². The molecule has 0 aliphatic rings. The highest BCUT2D eigenvalue weighted by atomic mass is 16.6. The molecule has 6 nitrogen and oxygen atoms in total. The minimum Gasteiger partial charge on any atom is -0.462 e. The van der Waals surface area contributed by atoms with Crippen molar-refractivity contribution in [3.63, 3.8) is 0 Å². The van der Waals surface area contributed by atoms with Crippen molar-refractivity contribution in [3.05, 3.63) is 97.2 Å². The van der Waals surface area contributed by atoms with Crippen molar-refractivity contribution in [3.8, 4) is 0 Å². The van der Waals surface area contributed by atoms with Gasteiger partial charge in [-0.2, -0.15) is 0 Å². The van der Waals surface area contributed by atoms with Crippen LogP contribution >= 0.6 is 0 Å². The van der Waals surface area contributed by atoms with Gasteiger partial charge in [0.1, 0.15) is 13.2 Å². The fourth-order valence-corrected chi connectivity index (χ4v) is 8.50. The maximum atomic E-state index is 12.9. The quantitative estimate of drug-likeness (QED) is 0.0261. The van der Waals surface area contributed by atoms with Crippen LogP contribution in [0.5, 0.6) is 0 Å². The van der Waals surface area contributed by atoms with Crippen molar-refractivity contribution in [1.29, 1.82) is 0 Å². The van der Waals surface area contributed by atoms with Gasteiger partial charge in [0.25, 0.3) is 0 Å². The van der Waals surface area contributed by atoms with Gasteiger partial charge in [0.2, 0.25) is 0 Å². The molecule has 1 unspecified atom stereocenters. The molecule has 0 aromatic heterocycles. The number of esters is 3. The van der Waals surface area contributed by atoms with Crippen LogP contribution in [0.3, 0.4) is 0 Å². The van der Waals surface area contributed by atoms with Gasteiger partial charge >= 0.3 is 17.9 Å². The van der Waals surface area contributed by atoms with Crippen LogP contribution < -0.4 is 0 Å². The van der Waals surface area contributed by atoms with Crippen LogP contribution in [0.25, 0.3) is 0 Å². The Morgan fingerprint density at radius 3 is 0.849 bits per heavy atom. The van der Waals surface area contributed by atoms with Gasteiger partial charge in [-0.15, -0.1) is 0 Å². The Labute approximate surface area is 451 Å². The number of carbonyl (C=O) groups excluding carboxylic acids is 3. The second-order valence-corrected chi connectivity index (χ2v) is 20.2. The Morgan fingerprint density at radius 1 is 0.288 bits per heavy atom. The molecule has 0 N–H and O–H groups in total. The SMILES string of the molecule is CC/C=C\C/C=C\C/C=C\C/C=C\CCCCCCCCCCCCCCCCC(=O)OCC(COC(=O)CCCCCCC/C=C\CCCCCC)OC(=O)CCCCCCC/C=C\C/C=C\C/C=C\CC. The lowest BCUT2D eigenvalue weighted by Crippen LogP contribution is -2.30. The highest BCUT2D eigenvalue weighted by Crippen LogP contribution is 2.16. The summed E-state index contributed by atoms with van der Waals surface area (Å²) >= 11 is 0. The predicted octanol–water partition coefficient (Wildman–Crippen LogP) is 20.9. The van der Waals surface area contributed by atoms with Crippen LogP contribution in [0.1, 0.15) is 290 Å². The smallest absolute Gasteiger partial charge is 0.306 e. The van der Waals surface area contributed by atoms with E-state index in [1.54, 1.807) is 0 Å². The van der Waals surface area contributed by atoms with Gasteiger partial charge in [-0.1, -0.05) is 253 Å². The second-order valence-electron chi connectivity index (χ2n) is 20.2. The number of carbonyl (C=O) groups is 3. The average Bonchev–Trinajstić information content (AvgIpc) is 3.39. The molecule has 0 aromatic carbocycles. The summed E-state index contributed by atoms with van der Waals surface area (Å²) in [5, 5.41) is 0. The molecule has 0 spiro atoms. The molecule has 0 aromatic rings. The highest BCUT2D eigenvalue weighted by molar-refractivity contribution is 5.71. The lowest BCUT2D eigenvalue weighted by atomic mass is 10.0. The van der Waals surface area contributed by atoms with Crippen LogP contribution in [-0.2, 0) is 28.6 Å². The number of unbranched alkanes of at least 4 members (excludes halogenated alkanes) is 28. The van der Waals surface area contributed by atoms with Crippen LogP contribution in [0.2, 0.25) is 0 Å². The Bertz CT molecular complexity index is 1440. The average molecular weight is 1020 g/mol. The first-order chi connectivity index (χ1) is 36.0. The summed E-state index contributed by atoms with van der Waals surface area (Å²) in [7, 11) is 0. The van der Waals surface area contributed by atoms with Crippen LogP contribution in [0, 0.1) is 0 Å². The first-order valence-corrected chi connectivity index (χ1v) is 30.7.